The van der Waals surface area contributed by atoms with Crippen LogP contribution in [-0.2, 0) is 6.42 Å². The van der Waals surface area contributed by atoms with Crippen molar-refractivity contribution in [2.75, 3.05) is 11.9 Å². The lowest BCUT2D eigenvalue weighted by Crippen LogP contribution is -2.09. The van der Waals surface area contributed by atoms with Gasteiger partial charge in [-0.3, -0.25) is 0 Å². The molecule has 106 valence electrons. The second-order valence-corrected chi connectivity index (χ2v) is 4.85. The van der Waals surface area contributed by atoms with Crippen molar-refractivity contribution in [1.82, 2.24) is 0 Å². The molecule has 0 aliphatic heterocycles. The zero-order valence-electron chi connectivity index (χ0n) is 11.1. The summed E-state index contributed by atoms with van der Waals surface area (Å²) in [5.41, 5.74) is 2.30. The number of hydrogen-bond donors (Lipinski definition) is 2. The van der Waals surface area contributed by atoms with E-state index < -0.39 is 5.97 Å². The minimum absolute atomic E-state index is 0.310. The number of nitrogens with zero attached hydrogens (tertiary/aromatic N) is 1. The van der Waals surface area contributed by atoms with E-state index in [0.717, 1.165) is 11.3 Å². The Morgan fingerprint density at radius 1 is 1.29 bits per heavy atom. The fourth-order valence-electron chi connectivity index (χ4n) is 2.01. The summed E-state index contributed by atoms with van der Waals surface area (Å²) in [6, 6.07) is 13.9. The zero-order chi connectivity index (χ0) is 15.2. The second kappa shape index (κ2) is 6.78. The van der Waals surface area contributed by atoms with E-state index in [0.29, 0.717) is 29.1 Å². The van der Waals surface area contributed by atoms with Gasteiger partial charge in [-0.15, -0.1) is 0 Å². The smallest absolute Gasteiger partial charge is 0.335 e. The Bertz CT molecular complexity index is 708. The van der Waals surface area contributed by atoms with Gasteiger partial charge in [0.25, 0.3) is 0 Å². The van der Waals surface area contributed by atoms with Gasteiger partial charge in [-0.1, -0.05) is 29.8 Å². The van der Waals surface area contributed by atoms with Crippen LogP contribution in [0.2, 0.25) is 5.02 Å². The highest BCUT2D eigenvalue weighted by molar-refractivity contribution is 6.33. The molecule has 0 heterocycles. The highest BCUT2D eigenvalue weighted by Crippen LogP contribution is 2.22. The van der Waals surface area contributed by atoms with Crippen molar-refractivity contribution in [3.05, 3.63) is 64.2 Å². The number of hydrogen-bond acceptors (Lipinski definition) is 3. The Labute approximate surface area is 127 Å². The summed E-state index contributed by atoms with van der Waals surface area (Å²) in [4.78, 5) is 11.1. The molecule has 0 bridgehead atoms. The Balaban J connectivity index is 2.02. The van der Waals surface area contributed by atoms with Crippen LogP contribution in [-0.4, -0.2) is 17.6 Å². The highest BCUT2D eigenvalue weighted by Gasteiger charge is 2.08. The molecule has 5 heteroatoms. The van der Waals surface area contributed by atoms with Crippen LogP contribution in [0, 0.1) is 11.3 Å². The molecule has 2 aromatic carbocycles. The lowest BCUT2D eigenvalue weighted by atomic mass is 10.0. The van der Waals surface area contributed by atoms with Gasteiger partial charge >= 0.3 is 5.97 Å². The molecule has 21 heavy (non-hydrogen) atoms. The van der Waals surface area contributed by atoms with Crippen LogP contribution in [0.15, 0.2) is 42.5 Å². The molecule has 0 aromatic heterocycles. The molecular formula is C16H13ClN2O2. The van der Waals surface area contributed by atoms with Crippen molar-refractivity contribution in [3.8, 4) is 6.07 Å². The highest BCUT2D eigenvalue weighted by atomic mass is 35.5. The molecular weight excluding hydrogens is 288 g/mol. The van der Waals surface area contributed by atoms with Crippen LogP contribution in [0.4, 0.5) is 5.69 Å². The van der Waals surface area contributed by atoms with E-state index in [2.05, 4.69) is 5.32 Å². The normalized spacial score (nSPS) is 9.90. The topological polar surface area (TPSA) is 73.1 Å². The van der Waals surface area contributed by atoms with Crippen LogP contribution < -0.4 is 5.32 Å². The quantitative estimate of drug-likeness (QED) is 0.885. The first-order valence-electron chi connectivity index (χ1n) is 6.36. The lowest BCUT2D eigenvalue weighted by molar-refractivity contribution is 0.0695. The van der Waals surface area contributed by atoms with E-state index >= 15 is 0 Å². The van der Waals surface area contributed by atoms with Crippen molar-refractivity contribution in [1.29, 1.82) is 5.26 Å². The van der Waals surface area contributed by atoms with Crippen molar-refractivity contribution < 1.29 is 9.90 Å². The van der Waals surface area contributed by atoms with Crippen molar-refractivity contribution in [2.45, 2.75) is 6.42 Å². The largest absolute Gasteiger partial charge is 0.478 e. The summed E-state index contributed by atoms with van der Waals surface area (Å²) in [6.07, 6.45) is 0.568. The summed E-state index contributed by atoms with van der Waals surface area (Å²) >= 11 is 6.06. The van der Waals surface area contributed by atoms with E-state index in [1.54, 1.807) is 36.4 Å². The third-order valence-electron chi connectivity index (χ3n) is 3.06. The summed E-state index contributed by atoms with van der Waals surface area (Å²) in [5.74, 6) is -0.929. The van der Waals surface area contributed by atoms with E-state index in [9.17, 15) is 4.79 Å². The lowest BCUT2D eigenvalue weighted by Gasteiger charge is -2.10. The van der Waals surface area contributed by atoms with Gasteiger partial charge in [0.1, 0.15) is 0 Å². The maximum atomic E-state index is 11.1. The summed E-state index contributed by atoms with van der Waals surface area (Å²) in [7, 11) is 0. The molecule has 2 aromatic rings. The number of nitriles is 1. The van der Waals surface area contributed by atoms with Gasteiger partial charge in [0, 0.05) is 6.54 Å². The third-order valence-corrected chi connectivity index (χ3v) is 3.37. The van der Waals surface area contributed by atoms with Crippen LogP contribution in [0.3, 0.4) is 0 Å². The number of aromatic carboxylic acids is 1. The zero-order valence-corrected chi connectivity index (χ0v) is 11.9. The van der Waals surface area contributed by atoms with Gasteiger partial charge in [0.05, 0.1) is 27.9 Å². The van der Waals surface area contributed by atoms with E-state index in [-0.39, 0.29) is 0 Å². The summed E-state index contributed by atoms with van der Waals surface area (Å²) in [5, 5.41) is 21.5. The fraction of sp³-hybridized carbons (Fsp3) is 0.125. The van der Waals surface area contributed by atoms with Crippen LogP contribution in [0.1, 0.15) is 21.5 Å². The summed E-state index contributed by atoms with van der Waals surface area (Å²) < 4.78 is 0. The molecule has 2 rings (SSSR count). The number of nitrogens with one attached hydrogen (secondary N) is 1. The third kappa shape index (κ3) is 3.74. The Hall–Kier alpha value is -2.51. The van der Waals surface area contributed by atoms with E-state index in [4.69, 9.17) is 22.0 Å². The van der Waals surface area contributed by atoms with Gasteiger partial charge in [-0.05, 0) is 36.2 Å². The maximum Gasteiger partial charge on any atom is 0.335 e. The Morgan fingerprint density at radius 2 is 2.05 bits per heavy atom. The van der Waals surface area contributed by atoms with Gasteiger partial charge in [0.2, 0.25) is 0 Å². The Morgan fingerprint density at radius 3 is 2.71 bits per heavy atom. The Kier molecular flexibility index (Phi) is 4.81. The van der Waals surface area contributed by atoms with Crippen LogP contribution in [0.25, 0.3) is 0 Å². The van der Waals surface area contributed by atoms with Gasteiger partial charge in [-0.25, -0.2) is 4.79 Å². The van der Waals surface area contributed by atoms with Crippen molar-refractivity contribution in [2.24, 2.45) is 0 Å². The second-order valence-electron chi connectivity index (χ2n) is 4.45. The fourth-order valence-corrected chi connectivity index (χ4v) is 2.25. The standard InChI is InChI=1S/C16H13ClN2O2/c17-14-9-11(10-18)5-6-15(14)19-8-7-12-3-1-2-4-13(12)16(20)21/h1-6,9,19H,7-8H2,(H,20,21). The molecule has 0 saturated heterocycles. The number of halogens is 1. The number of rotatable bonds is 5. The minimum Gasteiger partial charge on any atom is -0.478 e. The van der Waals surface area contributed by atoms with Gasteiger partial charge in [-0.2, -0.15) is 5.26 Å². The molecule has 4 nitrogen and oxygen atoms in total. The first-order valence-corrected chi connectivity index (χ1v) is 6.74. The van der Waals surface area contributed by atoms with E-state index in [1.807, 2.05) is 12.1 Å². The van der Waals surface area contributed by atoms with E-state index in [1.165, 1.54) is 0 Å². The first-order chi connectivity index (χ1) is 10.1. The summed E-state index contributed by atoms with van der Waals surface area (Å²) in [6.45, 7) is 0.552. The molecule has 0 amide bonds. The maximum absolute atomic E-state index is 11.1. The molecule has 0 aliphatic carbocycles. The molecule has 0 spiro atoms. The molecule has 0 aliphatic rings. The monoisotopic (exact) mass is 300 g/mol. The number of anilines is 1. The predicted octanol–water partition coefficient (Wildman–Crippen LogP) is 3.56. The van der Waals surface area contributed by atoms with Gasteiger partial charge in [0.15, 0.2) is 0 Å². The number of carboxylic acids is 1. The molecule has 0 fully saturated rings. The van der Waals surface area contributed by atoms with Gasteiger partial charge < -0.3 is 10.4 Å². The van der Waals surface area contributed by atoms with Crippen LogP contribution in [0.5, 0.6) is 0 Å². The SMILES string of the molecule is N#Cc1ccc(NCCc2ccccc2C(=O)O)c(Cl)c1. The average Bonchev–Trinajstić information content (AvgIpc) is 2.49. The average molecular weight is 301 g/mol. The number of benzene rings is 2. The molecule has 0 atom stereocenters. The van der Waals surface area contributed by atoms with Crippen LogP contribution >= 0.6 is 11.6 Å². The van der Waals surface area contributed by atoms with Crippen molar-refractivity contribution in [3.63, 3.8) is 0 Å². The van der Waals surface area contributed by atoms with Crippen molar-refractivity contribution >= 4 is 23.3 Å². The number of carboxylic acid groups (broad SMARTS) is 1. The predicted molar refractivity (Wildman–Crippen MR) is 81.8 cm³/mol. The number of carbonyl (C=O) groups is 1. The molecule has 2 N–H and O–H groups in total. The molecule has 0 radical (unpaired) electrons. The molecule has 0 saturated carbocycles. The minimum atomic E-state index is -0.929. The molecule has 0 unspecified atom stereocenters. The first kappa shape index (κ1) is 14.9.